The number of hydrogen-bond donors (Lipinski definition) is 0. The molecule has 0 atom stereocenters. The first-order valence-electron chi connectivity index (χ1n) is 7.09. The Morgan fingerprint density at radius 2 is 1.90 bits per heavy atom. The molecule has 1 fully saturated rings. The van der Waals surface area contributed by atoms with Crippen molar-refractivity contribution < 1.29 is 0 Å². The van der Waals surface area contributed by atoms with E-state index in [4.69, 9.17) is 0 Å². The van der Waals surface area contributed by atoms with Gasteiger partial charge in [-0.1, -0.05) is 0 Å². The Morgan fingerprint density at radius 1 is 1.15 bits per heavy atom. The molecule has 1 aliphatic heterocycles. The average molecular weight is 288 g/mol. The van der Waals surface area contributed by atoms with Crippen LogP contribution in [0.3, 0.4) is 0 Å². The molecule has 0 bridgehead atoms. The summed E-state index contributed by atoms with van der Waals surface area (Å²) in [5, 5.41) is 3.35. The minimum absolute atomic E-state index is 1.07. The van der Waals surface area contributed by atoms with Crippen molar-refractivity contribution in [3.63, 3.8) is 0 Å². The minimum Gasteiger partial charge on any atom is -0.369 e. The number of aryl methyl sites for hydroxylation is 1. The molecule has 0 N–H and O–H groups in total. The maximum Gasteiger partial charge on any atom is 0.0897 e. The Morgan fingerprint density at radius 3 is 2.55 bits per heavy atom. The summed E-state index contributed by atoms with van der Waals surface area (Å²) >= 11 is 1.74. The summed E-state index contributed by atoms with van der Waals surface area (Å²) in [5.74, 6) is 0. The largest absolute Gasteiger partial charge is 0.369 e. The molecule has 0 spiro atoms. The van der Waals surface area contributed by atoms with Gasteiger partial charge in [0.25, 0.3) is 0 Å². The smallest absolute Gasteiger partial charge is 0.0897 e. The molecule has 0 aromatic carbocycles. The van der Waals surface area contributed by atoms with Gasteiger partial charge in [-0.25, -0.2) is 4.98 Å². The van der Waals surface area contributed by atoms with Gasteiger partial charge in [-0.05, 0) is 19.1 Å². The number of thiazole rings is 1. The normalized spacial score (nSPS) is 16.6. The summed E-state index contributed by atoms with van der Waals surface area (Å²) in [6, 6.07) is 4.18. The van der Waals surface area contributed by atoms with Crippen molar-refractivity contribution >= 4 is 17.0 Å². The Balaban J connectivity index is 1.47. The molecule has 106 valence electrons. The van der Waals surface area contributed by atoms with Crippen molar-refractivity contribution in [3.8, 4) is 0 Å². The highest BCUT2D eigenvalue weighted by Gasteiger charge is 2.16. The van der Waals surface area contributed by atoms with E-state index in [1.54, 1.807) is 11.3 Å². The molecule has 4 nitrogen and oxygen atoms in total. The standard InChI is InChI=1S/C15H20N4S/c1-13-17-14(12-20-13)4-7-18-8-10-19(11-9-18)15-2-5-16-6-3-15/h2-3,5-6,12H,4,7-11H2,1H3. The predicted molar refractivity (Wildman–Crippen MR) is 83.4 cm³/mol. The Bertz CT molecular complexity index is 532. The molecule has 20 heavy (non-hydrogen) atoms. The maximum atomic E-state index is 4.53. The van der Waals surface area contributed by atoms with Crippen molar-refractivity contribution in [2.75, 3.05) is 37.6 Å². The van der Waals surface area contributed by atoms with Crippen LogP contribution < -0.4 is 4.90 Å². The highest BCUT2D eigenvalue weighted by molar-refractivity contribution is 7.09. The molecule has 1 aliphatic rings. The number of piperazine rings is 1. The Hall–Kier alpha value is -1.46. The molecule has 0 aliphatic carbocycles. The molecule has 3 rings (SSSR count). The summed E-state index contributed by atoms with van der Waals surface area (Å²) in [7, 11) is 0. The van der Waals surface area contributed by atoms with Crippen LogP contribution in [0.25, 0.3) is 0 Å². The fourth-order valence-electron chi connectivity index (χ4n) is 2.58. The minimum atomic E-state index is 1.07. The molecule has 0 amide bonds. The van der Waals surface area contributed by atoms with Crippen LogP contribution in [0, 0.1) is 6.92 Å². The summed E-state index contributed by atoms with van der Waals surface area (Å²) < 4.78 is 0. The summed E-state index contributed by atoms with van der Waals surface area (Å²) in [4.78, 5) is 13.6. The highest BCUT2D eigenvalue weighted by atomic mass is 32.1. The van der Waals surface area contributed by atoms with Crippen LogP contribution in [0.1, 0.15) is 10.7 Å². The van der Waals surface area contributed by atoms with Gasteiger partial charge in [0, 0.05) is 62.6 Å². The lowest BCUT2D eigenvalue weighted by Crippen LogP contribution is -2.47. The van der Waals surface area contributed by atoms with Crippen LogP contribution in [0.4, 0.5) is 5.69 Å². The molecule has 0 saturated carbocycles. The SMILES string of the molecule is Cc1nc(CCN2CCN(c3ccncc3)CC2)cs1. The van der Waals surface area contributed by atoms with Crippen molar-refractivity contribution in [3.05, 3.63) is 40.6 Å². The van der Waals surface area contributed by atoms with Crippen LogP contribution in [0.5, 0.6) is 0 Å². The Kier molecular flexibility index (Phi) is 4.28. The summed E-state index contributed by atoms with van der Waals surface area (Å²) in [6.07, 6.45) is 4.80. The number of nitrogens with zero attached hydrogens (tertiary/aromatic N) is 4. The first kappa shape index (κ1) is 13.5. The topological polar surface area (TPSA) is 32.3 Å². The molecule has 0 radical (unpaired) electrons. The lowest BCUT2D eigenvalue weighted by atomic mass is 10.2. The fraction of sp³-hybridized carbons (Fsp3) is 0.467. The van der Waals surface area contributed by atoms with Crippen molar-refractivity contribution in [1.82, 2.24) is 14.9 Å². The third-order valence-electron chi connectivity index (χ3n) is 3.75. The van der Waals surface area contributed by atoms with Crippen LogP contribution in [0.2, 0.25) is 0 Å². The van der Waals surface area contributed by atoms with Gasteiger partial charge in [0.15, 0.2) is 0 Å². The van der Waals surface area contributed by atoms with Crippen LogP contribution >= 0.6 is 11.3 Å². The zero-order valence-corrected chi connectivity index (χ0v) is 12.6. The first-order chi connectivity index (χ1) is 9.81. The molecule has 1 saturated heterocycles. The molecule has 3 heterocycles. The third kappa shape index (κ3) is 3.35. The Labute approximate surface area is 124 Å². The summed E-state index contributed by atoms with van der Waals surface area (Å²) in [6.45, 7) is 7.64. The monoisotopic (exact) mass is 288 g/mol. The van der Waals surface area contributed by atoms with Gasteiger partial charge in [-0.2, -0.15) is 0 Å². The number of rotatable bonds is 4. The second kappa shape index (κ2) is 6.33. The van der Waals surface area contributed by atoms with Gasteiger partial charge < -0.3 is 4.90 Å². The molecular formula is C15H20N4S. The molecular weight excluding hydrogens is 268 g/mol. The fourth-order valence-corrected chi connectivity index (χ4v) is 3.23. The molecule has 2 aromatic heterocycles. The number of hydrogen-bond acceptors (Lipinski definition) is 5. The third-order valence-corrected chi connectivity index (χ3v) is 4.57. The van der Waals surface area contributed by atoms with Gasteiger partial charge >= 0.3 is 0 Å². The average Bonchev–Trinajstić information content (AvgIpc) is 2.92. The lowest BCUT2D eigenvalue weighted by Gasteiger charge is -2.35. The zero-order chi connectivity index (χ0) is 13.8. The van der Waals surface area contributed by atoms with Gasteiger partial charge in [0.2, 0.25) is 0 Å². The van der Waals surface area contributed by atoms with Crippen molar-refractivity contribution in [2.45, 2.75) is 13.3 Å². The van der Waals surface area contributed by atoms with Gasteiger partial charge in [0.1, 0.15) is 0 Å². The van der Waals surface area contributed by atoms with E-state index in [0.717, 1.165) is 39.1 Å². The second-order valence-electron chi connectivity index (χ2n) is 5.14. The van der Waals surface area contributed by atoms with E-state index in [1.165, 1.54) is 16.4 Å². The number of anilines is 1. The maximum absolute atomic E-state index is 4.53. The van der Waals surface area contributed by atoms with Gasteiger partial charge in [-0.3, -0.25) is 9.88 Å². The predicted octanol–water partition coefficient (Wildman–Crippen LogP) is 2.21. The molecule has 2 aromatic rings. The molecule has 5 heteroatoms. The van der Waals surface area contributed by atoms with Gasteiger partial charge in [-0.15, -0.1) is 11.3 Å². The van der Waals surface area contributed by atoms with Crippen molar-refractivity contribution in [1.29, 1.82) is 0 Å². The van der Waals surface area contributed by atoms with E-state index in [-0.39, 0.29) is 0 Å². The summed E-state index contributed by atoms with van der Waals surface area (Å²) in [5.41, 5.74) is 2.53. The first-order valence-corrected chi connectivity index (χ1v) is 7.97. The van der Waals surface area contributed by atoms with E-state index >= 15 is 0 Å². The zero-order valence-electron chi connectivity index (χ0n) is 11.8. The second-order valence-corrected chi connectivity index (χ2v) is 6.20. The van der Waals surface area contributed by atoms with Crippen molar-refractivity contribution in [2.24, 2.45) is 0 Å². The van der Waals surface area contributed by atoms with Crippen LogP contribution in [0.15, 0.2) is 29.9 Å². The molecule has 0 unspecified atom stereocenters. The number of pyridine rings is 1. The van der Waals surface area contributed by atoms with E-state index < -0.39 is 0 Å². The van der Waals surface area contributed by atoms with E-state index in [1.807, 2.05) is 12.4 Å². The van der Waals surface area contributed by atoms with E-state index in [0.29, 0.717) is 0 Å². The van der Waals surface area contributed by atoms with E-state index in [9.17, 15) is 0 Å². The number of aromatic nitrogens is 2. The van der Waals surface area contributed by atoms with Gasteiger partial charge in [0.05, 0.1) is 10.7 Å². The van der Waals surface area contributed by atoms with E-state index in [2.05, 4.69) is 44.2 Å². The lowest BCUT2D eigenvalue weighted by molar-refractivity contribution is 0.260. The highest BCUT2D eigenvalue weighted by Crippen LogP contribution is 2.15. The van der Waals surface area contributed by atoms with Crippen LogP contribution in [-0.2, 0) is 6.42 Å². The van der Waals surface area contributed by atoms with Crippen LogP contribution in [-0.4, -0.2) is 47.6 Å². The quantitative estimate of drug-likeness (QED) is 0.863.